The normalized spacial score (nSPS) is 17.6. The lowest BCUT2D eigenvalue weighted by molar-refractivity contribution is -0.384. The number of nitro benzene ring substituents is 1. The Morgan fingerprint density at radius 1 is 1.14 bits per heavy atom. The highest BCUT2D eigenvalue weighted by molar-refractivity contribution is 7.89. The van der Waals surface area contributed by atoms with Crippen molar-refractivity contribution in [3.8, 4) is 0 Å². The van der Waals surface area contributed by atoms with E-state index in [1.807, 2.05) is 6.92 Å². The van der Waals surface area contributed by atoms with E-state index in [-0.39, 0.29) is 22.2 Å². The second-order valence-corrected chi connectivity index (χ2v) is 8.85. The van der Waals surface area contributed by atoms with Crippen LogP contribution in [0.5, 0.6) is 0 Å². The van der Waals surface area contributed by atoms with Crippen LogP contribution in [0.1, 0.15) is 43.0 Å². The van der Waals surface area contributed by atoms with Crippen LogP contribution in [0.15, 0.2) is 53.4 Å². The van der Waals surface area contributed by atoms with Gasteiger partial charge in [-0.3, -0.25) is 14.9 Å². The molecule has 2 aromatic rings. The Hall–Kier alpha value is -2.78. The summed E-state index contributed by atoms with van der Waals surface area (Å²) >= 11 is 0. The summed E-state index contributed by atoms with van der Waals surface area (Å²) in [5.74, 6) is -0.433. The predicted octanol–water partition coefficient (Wildman–Crippen LogP) is 3.80. The SMILES string of the molecule is CC[C@@H]1CCCCN1S(=O)(=O)c1ccc(NC(=O)c2ccc([N+](=O)[O-])cc2)cc1. The number of nitro groups is 1. The van der Waals surface area contributed by atoms with Gasteiger partial charge in [0.15, 0.2) is 0 Å². The molecule has 0 radical (unpaired) electrons. The molecular formula is C20H23N3O5S. The Labute approximate surface area is 169 Å². The van der Waals surface area contributed by atoms with E-state index in [0.717, 1.165) is 25.7 Å². The van der Waals surface area contributed by atoms with Crippen molar-refractivity contribution >= 4 is 27.3 Å². The third kappa shape index (κ3) is 4.63. The fraction of sp³-hybridized carbons (Fsp3) is 0.350. The minimum Gasteiger partial charge on any atom is -0.322 e. The lowest BCUT2D eigenvalue weighted by atomic mass is 10.0. The number of rotatable bonds is 6. The molecule has 0 aliphatic carbocycles. The molecule has 0 unspecified atom stereocenters. The summed E-state index contributed by atoms with van der Waals surface area (Å²) in [7, 11) is -3.58. The van der Waals surface area contributed by atoms with Crippen molar-refractivity contribution in [1.82, 2.24) is 4.31 Å². The summed E-state index contributed by atoms with van der Waals surface area (Å²) in [6.45, 7) is 2.52. The molecule has 1 aliphatic heterocycles. The molecule has 1 heterocycles. The standard InChI is InChI=1S/C20H23N3O5S/c1-2-17-5-3-4-14-22(17)29(27,28)19-12-8-16(9-13-19)21-20(24)15-6-10-18(11-7-15)23(25)26/h6-13,17H,2-5,14H2,1H3,(H,21,24)/t17-/m1/s1. The molecule has 1 aliphatic rings. The van der Waals surface area contributed by atoms with Crippen molar-refractivity contribution < 1.29 is 18.1 Å². The quantitative estimate of drug-likeness (QED) is 0.568. The molecule has 154 valence electrons. The molecule has 29 heavy (non-hydrogen) atoms. The highest BCUT2D eigenvalue weighted by Crippen LogP contribution is 2.27. The van der Waals surface area contributed by atoms with E-state index < -0.39 is 20.9 Å². The van der Waals surface area contributed by atoms with Crippen LogP contribution in [0.2, 0.25) is 0 Å². The Kier molecular flexibility index (Phi) is 6.29. The van der Waals surface area contributed by atoms with Gasteiger partial charge in [-0.2, -0.15) is 4.31 Å². The third-order valence-corrected chi connectivity index (χ3v) is 7.07. The summed E-state index contributed by atoms with van der Waals surface area (Å²) in [5, 5.41) is 13.4. The van der Waals surface area contributed by atoms with Crippen LogP contribution >= 0.6 is 0 Å². The third-order valence-electron chi connectivity index (χ3n) is 5.10. The molecular weight excluding hydrogens is 394 g/mol. The average Bonchev–Trinajstić information content (AvgIpc) is 2.74. The molecule has 8 nitrogen and oxygen atoms in total. The van der Waals surface area contributed by atoms with Crippen LogP contribution < -0.4 is 5.32 Å². The molecule has 1 saturated heterocycles. The van der Waals surface area contributed by atoms with Gasteiger partial charge in [0.25, 0.3) is 11.6 Å². The van der Waals surface area contributed by atoms with Gasteiger partial charge >= 0.3 is 0 Å². The van der Waals surface area contributed by atoms with Gasteiger partial charge in [-0.05, 0) is 55.7 Å². The number of non-ortho nitro benzene ring substituents is 1. The molecule has 3 rings (SSSR count). The fourth-order valence-corrected chi connectivity index (χ4v) is 5.25. The van der Waals surface area contributed by atoms with Gasteiger partial charge in [0, 0.05) is 36.0 Å². The number of benzene rings is 2. The van der Waals surface area contributed by atoms with Crippen molar-refractivity contribution in [1.29, 1.82) is 0 Å². The molecule has 0 saturated carbocycles. The number of sulfonamides is 1. The van der Waals surface area contributed by atoms with Crippen LogP contribution in [0.4, 0.5) is 11.4 Å². The van der Waals surface area contributed by atoms with Crippen molar-refractivity contribution in [2.75, 3.05) is 11.9 Å². The topological polar surface area (TPSA) is 110 Å². The lowest BCUT2D eigenvalue weighted by Gasteiger charge is -2.34. The van der Waals surface area contributed by atoms with E-state index in [2.05, 4.69) is 5.32 Å². The van der Waals surface area contributed by atoms with Gasteiger partial charge in [-0.15, -0.1) is 0 Å². The first-order chi connectivity index (χ1) is 13.8. The minimum absolute atomic E-state index is 0.0234. The molecule has 0 aromatic heterocycles. The minimum atomic E-state index is -3.58. The van der Waals surface area contributed by atoms with E-state index in [4.69, 9.17) is 0 Å². The monoisotopic (exact) mass is 417 g/mol. The van der Waals surface area contributed by atoms with Crippen LogP contribution in [-0.2, 0) is 10.0 Å². The first-order valence-electron chi connectivity index (χ1n) is 9.50. The second-order valence-electron chi connectivity index (χ2n) is 6.96. The Bertz CT molecular complexity index is 988. The zero-order valence-corrected chi connectivity index (χ0v) is 16.9. The van der Waals surface area contributed by atoms with E-state index >= 15 is 0 Å². The van der Waals surface area contributed by atoms with Crippen molar-refractivity contribution in [3.63, 3.8) is 0 Å². The number of hydrogen-bond donors (Lipinski definition) is 1. The van der Waals surface area contributed by atoms with E-state index in [1.165, 1.54) is 36.4 Å². The van der Waals surface area contributed by atoms with Crippen LogP contribution in [0.25, 0.3) is 0 Å². The maximum atomic E-state index is 13.0. The fourth-order valence-electron chi connectivity index (χ4n) is 3.48. The first-order valence-corrected chi connectivity index (χ1v) is 10.9. The number of carbonyl (C=O) groups is 1. The van der Waals surface area contributed by atoms with E-state index in [1.54, 1.807) is 16.4 Å². The van der Waals surface area contributed by atoms with Crippen molar-refractivity contribution in [2.45, 2.75) is 43.5 Å². The van der Waals surface area contributed by atoms with Gasteiger partial charge in [0.1, 0.15) is 0 Å². The van der Waals surface area contributed by atoms with Crippen molar-refractivity contribution in [2.24, 2.45) is 0 Å². The van der Waals surface area contributed by atoms with E-state index in [0.29, 0.717) is 12.2 Å². The van der Waals surface area contributed by atoms with Gasteiger partial charge < -0.3 is 5.32 Å². The maximum absolute atomic E-state index is 13.0. The molecule has 0 spiro atoms. The summed E-state index contributed by atoms with van der Waals surface area (Å²) in [5.41, 5.74) is 0.614. The number of carbonyl (C=O) groups excluding carboxylic acids is 1. The number of nitrogens with zero attached hydrogens (tertiary/aromatic N) is 2. The summed E-state index contributed by atoms with van der Waals surface area (Å²) in [6.07, 6.45) is 3.55. The zero-order chi connectivity index (χ0) is 21.0. The van der Waals surface area contributed by atoms with Crippen molar-refractivity contribution in [3.05, 3.63) is 64.2 Å². The van der Waals surface area contributed by atoms with Gasteiger partial charge in [0.05, 0.1) is 9.82 Å². The molecule has 2 aromatic carbocycles. The smallest absolute Gasteiger partial charge is 0.269 e. The summed E-state index contributed by atoms with van der Waals surface area (Å²) in [6, 6.07) is 11.3. The molecule has 1 fully saturated rings. The number of nitrogens with one attached hydrogen (secondary N) is 1. The maximum Gasteiger partial charge on any atom is 0.269 e. The number of piperidine rings is 1. The van der Waals surface area contributed by atoms with Crippen LogP contribution in [-0.4, -0.2) is 36.1 Å². The lowest BCUT2D eigenvalue weighted by Crippen LogP contribution is -2.43. The van der Waals surface area contributed by atoms with Gasteiger partial charge in [-0.1, -0.05) is 13.3 Å². The Morgan fingerprint density at radius 3 is 2.38 bits per heavy atom. The Balaban J connectivity index is 1.72. The zero-order valence-electron chi connectivity index (χ0n) is 16.1. The van der Waals surface area contributed by atoms with E-state index in [9.17, 15) is 23.3 Å². The number of amides is 1. The largest absolute Gasteiger partial charge is 0.322 e. The molecule has 1 amide bonds. The summed E-state index contributed by atoms with van der Waals surface area (Å²) < 4.78 is 27.5. The number of anilines is 1. The highest BCUT2D eigenvalue weighted by Gasteiger charge is 2.32. The highest BCUT2D eigenvalue weighted by atomic mass is 32.2. The predicted molar refractivity (Wildman–Crippen MR) is 109 cm³/mol. The molecule has 9 heteroatoms. The van der Waals surface area contributed by atoms with Gasteiger partial charge in [-0.25, -0.2) is 8.42 Å². The molecule has 0 bridgehead atoms. The van der Waals surface area contributed by atoms with Gasteiger partial charge in [0.2, 0.25) is 10.0 Å². The van der Waals surface area contributed by atoms with Crippen LogP contribution in [0.3, 0.4) is 0 Å². The molecule has 1 N–H and O–H groups in total. The first kappa shape index (κ1) is 20.9. The van der Waals surface area contributed by atoms with Crippen LogP contribution in [0, 0.1) is 10.1 Å². The molecule has 1 atom stereocenters. The number of hydrogen-bond acceptors (Lipinski definition) is 5. The average molecular weight is 417 g/mol. The Morgan fingerprint density at radius 2 is 1.79 bits per heavy atom. The second kappa shape index (κ2) is 8.71. The summed E-state index contributed by atoms with van der Waals surface area (Å²) in [4.78, 5) is 22.7.